The number of hydrogen-bond acceptors (Lipinski definition) is 5. The van der Waals surface area contributed by atoms with Crippen LogP contribution in [0.2, 0.25) is 0 Å². The molecule has 0 saturated heterocycles. The average molecular weight is 237 g/mol. The van der Waals surface area contributed by atoms with Crippen LogP contribution in [0.25, 0.3) is 0 Å². The lowest BCUT2D eigenvalue weighted by Crippen LogP contribution is -2.35. The van der Waals surface area contributed by atoms with E-state index in [1.165, 1.54) is 0 Å². The lowest BCUT2D eigenvalue weighted by atomic mass is 10.3. The second-order valence-corrected chi connectivity index (χ2v) is 3.82. The fraction of sp³-hybridized carbons (Fsp3) is 0.545. The van der Waals surface area contributed by atoms with E-state index in [2.05, 4.69) is 20.6 Å². The molecule has 0 bridgehead atoms. The van der Waals surface area contributed by atoms with Crippen molar-refractivity contribution in [1.82, 2.24) is 15.3 Å². The first-order chi connectivity index (χ1) is 8.06. The second kappa shape index (κ2) is 6.03. The van der Waals surface area contributed by atoms with Crippen LogP contribution in [0.1, 0.15) is 26.1 Å². The van der Waals surface area contributed by atoms with Crippen molar-refractivity contribution in [3.63, 3.8) is 0 Å². The van der Waals surface area contributed by atoms with E-state index in [1.807, 2.05) is 6.92 Å². The Labute approximate surface area is 101 Å². The molecule has 0 aliphatic carbocycles. The summed E-state index contributed by atoms with van der Waals surface area (Å²) in [4.78, 5) is 19.8. The monoisotopic (exact) mass is 237 g/mol. The number of hydrogen-bond donors (Lipinski definition) is 3. The normalized spacial score (nSPS) is 11.9. The lowest BCUT2D eigenvalue weighted by Gasteiger charge is -2.13. The molecule has 1 rings (SSSR count). The molecule has 1 amide bonds. The van der Waals surface area contributed by atoms with Crippen LogP contribution in [0.3, 0.4) is 0 Å². The number of aromatic nitrogens is 2. The number of nitrogens with zero attached hydrogens (tertiary/aromatic N) is 2. The quantitative estimate of drug-likeness (QED) is 0.695. The molecular weight excluding hydrogens is 218 g/mol. The number of nitrogens with one attached hydrogen (secondary N) is 2. The Morgan fingerprint density at radius 1 is 1.53 bits per heavy atom. The fourth-order valence-corrected chi connectivity index (χ4v) is 1.43. The molecule has 1 aromatic rings. The highest BCUT2D eigenvalue weighted by Gasteiger charge is 2.12. The fourth-order valence-electron chi connectivity index (χ4n) is 1.43. The number of carbonyl (C=O) groups is 1. The van der Waals surface area contributed by atoms with Crippen LogP contribution in [-0.4, -0.2) is 29.0 Å². The smallest absolute Gasteiger partial charge is 0.241 e. The third-order valence-corrected chi connectivity index (χ3v) is 2.27. The minimum absolute atomic E-state index is 0.0979. The van der Waals surface area contributed by atoms with Gasteiger partial charge in [0.15, 0.2) is 0 Å². The van der Waals surface area contributed by atoms with E-state index in [4.69, 9.17) is 5.73 Å². The number of aryl methyl sites for hydroxylation is 1. The number of amides is 1. The third-order valence-electron chi connectivity index (χ3n) is 2.27. The molecule has 0 fully saturated rings. The largest absolute Gasteiger partial charge is 0.384 e. The van der Waals surface area contributed by atoms with Gasteiger partial charge in [-0.25, -0.2) is 9.97 Å². The van der Waals surface area contributed by atoms with Crippen molar-refractivity contribution >= 4 is 17.5 Å². The van der Waals surface area contributed by atoms with Gasteiger partial charge in [0.2, 0.25) is 5.91 Å². The van der Waals surface area contributed by atoms with Crippen LogP contribution >= 0.6 is 0 Å². The van der Waals surface area contributed by atoms with E-state index in [0.717, 1.165) is 12.8 Å². The topological polar surface area (TPSA) is 92.9 Å². The highest BCUT2D eigenvalue weighted by molar-refractivity contribution is 5.83. The van der Waals surface area contributed by atoms with E-state index >= 15 is 0 Å². The molecule has 0 saturated carbocycles. The zero-order valence-electron chi connectivity index (χ0n) is 10.4. The van der Waals surface area contributed by atoms with Gasteiger partial charge in [0.25, 0.3) is 0 Å². The molecule has 6 heteroatoms. The lowest BCUT2D eigenvalue weighted by molar-refractivity contribution is -0.121. The molecule has 94 valence electrons. The molecule has 6 nitrogen and oxygen atoms in total. The van der Waals surface area contributed by atoms with Gasteiger partial charge in [0.05, 0.1) is 0 Å². The maximum absolute atomic E-state index is 11.4. The Morgan fingerprint density at radius 2 is 2.24 bits per heavy atom. The molecule has 1 aromatic heterocycles. The van der Waals surface area contributed by atoms with Gasteiger partial charge in [-0.3, -0.25) is 4.79 Å². The number of carbonyl (C=O) groups excluding carboxylic acids is 1. The number of likely N-dealkylation sites (N-methyl/N-ethyl adjacent to an activating group) is 1. The van der Waals surface area contributed by atoms with E-state index in [-0.39, 0.29) is 11.9 Å². The van der Waals surface area contributed by atoms with Crippen molar-refractivity contribution in [2.24, 2.45) is 0 Å². The van der Waals surface area contributed by atoms with Crippen LogP contribution in [0.4, 0.5) is 11.6 Å². The van der Waals surface area contributed by atoms with Gasteiger partial charge in [-0.2, -0.15) is 0 Å². The minimum Gasteiger partial charge on any atom is -0.384 e. The van der Waals surface area contributed by atoms with Gasteiger partial charge < -0.3 is 16.4 Å². The third kappa shape index (κ3) is 3.90. The first kappa shape index (κ1) is 13.2. The van der Waals surface area contributed by atoms with Crippen LogP contribution in [0, 0.1) is 0 Å². The molecule has 0 aromatic carbocycles. The summed E-state index contributed by atoms with van der Waals surface area (Å²) in [6.45, 7) is 3.81. The van der Waals surface area contributed by atoms with Gasteiger partial charge in [0, 0.05) is 19.5 Å². The number of rotatable bonds is 5. The highest BCUT2D eigenvalue weighted by Crippen LogP contribution is 2.10. The zero-order chi connectivity index (χ0) is 12.8. The van der Waals surface area contributed by atoms with Crippen LogP contribution in [-0.2, 0) is 11.2 Å². The molecular formula is C11H19N5O. The maximum Gasteiger partial charge on any atom is 0.241 e. The molecule has 0 radical (unpaired) electrons. The molecule has 17 heavy (non-hydrogen) atoms. The summed E-state index contributed by atoms with van der Waals surface area (Å²) in [5, 5.41) is 5.55. The number of nitrogens with two attached hydrogens (primary N) is 1. The minimum atomic E-state index is -0.358. The predicted molar refractivity (Wildman–Crippen MR) is 67.6 cm³/mol. The summed E-state index contributed by atoms with van der Waals surface area (Å²) in [5.41, 5.74) is 5.68. The molecule has 0 spiro atoms. The summed E-state index contributed by atoms with van der Waals surface area (Å²) in [7, 11) is 1.59. The summed E-state index contributed by atoms with van der Waals surface area (Å²) in [6.07, 6.45) is 1.72. The molecule has 0 aliphatic heterocycles. The van der Waals surface area contributed by atoms with Gasteiger partial charge in [-0.05, 0) is 13.3 Å². The van der Waals surface area contributed by atoms with Gasteiger partial charge >= 0.3 is 0 Å². The van der Waals surface area contributed by atoms with Gasteiger partial charge in [-0.1, -0.05) is 6.92 Å². The SMILES string of the molecule is CCCc1nc(N)cc(NC(C)C(=O)NC)n1. The number of nitrogen functional groups attached to an aromatic ring is 1. The Kier molecular flexibility index (Phi) is 4.68. The standard InChI is InChI=1S/C11H19N5O/c1-4-5-9-15-8(12)6-10(16-9)14-7(2)11(17)13-3/h6-7H,4-5H2,1-3H3,(H,13,17)(H3,12,14,15,16). The van der Waals surface area contributed by atoms with Gasteiger partial charge in [0.1, 0.15) is 23.5 Å². The zero-order valence-corrected chi connectivity index (χ0v) is 10.4. The van der Waals surface area contributed by atoms with E-state index in [0.29, 0.717) is 17.5 Å². The Morgan fingerprint density at radius 3 is 2.82 bits per heavy atom. The predicted octanol–water partition coefficient (Wildman–Crippen LogP) is 0.558. The van der Waals surface area contributed by atoms with E-state index < -0.39 is 0 Å². The second-order valence-electron chi connectivity index (χ2n) is 3.82. The van der Waals surface area contributed by atoms with Crippen molar-refractivity contribution in [1.29, 1.82) is 0 Å². The van der Waals surface area contributed by atoms with Crippen molar-refractivity contribution in [3.8, 4) is 0 Å². The van der Waals surface area contributed by atoms with Gasteiger partial charge in [-0.15, -0.1) is 0 Å². The van der Waals surface area contributed by atoms with Crippen molar-refractivity contribution in [2.45, 2.75) is 32.7 Å². The van der Waals surface area contributed by atoms with Crippen LogP contribution in [0.15, 0.2) is 6.07 Å². The Hall–Kier alpha value is -1.85. The van der Waals surface area contributed by atoms with Crippen LogP contribution in [0.5, 0.6) is 0 Å². The highest BCUT2D eigenvalue weighted by atomic mass is 16.2. The Balaban J connectivity index is 2.80. The maximum atomic E-state index is 11.4. The molecule has 1 unspecified atom stereocenters. The molecule has 1 heterocycles. The summed E-state index contributed by atoms with van der Waals surface area (Å²) < 4.78 is 0. The molecule has 4 N–H and O–H groups in total. The summed E-state index contributed by atoms with van der Waals surface area (Å²) in [6, 6.07) is 1.27. The first-order valence-electron chi connectivity index (χ1n) is 5.68. The first-order valence-corrected chi connectivity index (χ1v) is 5.68. The Bertz CT molecular complexity index is 393. The van der Waals surface area contributed by atoms with Crippen molar-refractivity contribution < 1.29 is 4.79 Å². The van der Waals surface area contributed by atoms with Crippen molar-refractivity contribution in [2.75, 3.05) is 18.1 Å². The summed E-state index contributed by atoms with van der Waals surface area (Å²) in [5.74, 6) is 1.59. The summed E-state index contributed by atoms with van der Waals surface area (Å²) >= 11 is 0. The van der Waals surface area contributed by atoms with E-state index in [1.54, 1.807) is 20.0 Å². The van der Waals surface area contributed by atoms with Crippen molar-refractivity contribution in [3.05, 3.63) is 11.9 Å². The average Bonchev–Trinajstić information content (AvgIpc) is 2.27. The molecule has 0 aliphatic rings. The van der Waals surface area contributed by atoms with Crippen LogP contribution < -0.4 is 16.4 Å². The molecule has 1 atom stereocenters. The van der Waals surface area contributed by atoms with E-state index in [9.17, 15) is 4.79 Å². The number of anilines is 2.